The number of morpholine rings is 1. The van der Waals surface area contributed by atoms with Gasteiger partial charge in [-0.1, -0.05) is 11.6 Å². The van der Waals surface area contributed by atoms with Gasteiger partial charge >= 0.3 is 0 Å². The molecule has 7 heteroatoms. The van der Waals surface area contributed by atoms with E-state index in [1.54, 1.807) is 0 Å². The second-order valence-electron chi connectivity index (χ2n) is 3.33. The van der Waals surface area contributed by atoms with Crippen LogP contribution in [-0.4, -0.2) is 35.8 Å². The predicted molar refractivity (Wildman–Crippen MR) is 59.0 cm³/mol. The van der Waals surface area contributed by atoms with Crippen LogP contribution < -0.4 is 10.6 Å². The van der Waals surface area contributed by atoms with Gasteiger partial charge in [0.15, 0.2) is 11.9 Å². The van der Waals surface area contributed by atoms with Crippen LogP contribution >= 0.6 is 11.6 Å². The van der Waals surface area contributed by atoms with E-state index in [0.29, 0.717) is 30.5 Å². The molecular weight excluding hydrogens is 230 g/mol. The fourth-order valence-electron chi connectivity index (χ4n) is 1.51. The van der Waals surface area contributed by atoms with Crippen LogP contribution in [0.3, 0.4) is 0 Å². The maximum absolute atomic E-state index is 8.79. The Balaban J connectivity index is 2.24. The van der Waals surface area contributed by atoms with Gasteiger partial charge in [-0.3, -0.25) is 0 Å². The Morgan fingerprint density at radius 2 is 2.44 bits per heavy atom. The summed E-state index contributed by atoms with van der Waals surface area (Å²) in [6.45, 7) is 1.54. The highest BCUT2D eigenvalue weighted by Crippen LogP contribution is 2.27. The molecule has 1 aromatic rings. The lowest BCUT2D eigenvalue weighted by molar-refractivity contribution is 0.0761. The molecule has 84 valence electrons. The number of aromatic nitrogens is 2. The van der Waals surface area contributed by atoms with E-state index < -0.39 is 6.10 Å². The van der Waals surface area contributed by atoms with Crippen LogP contribution in [0, 0.1) is 11.3 Å². The molecule has 6 nitrogen and oxygen atoms in total. The van der Waals surface area contributed by atoms with Crippen molar-refractivity contribution >= 4 is 23.2 Å². The summed E-state index contributed by atoms with van der Waals surface area (Å²) in [6.07, 6.45) is 0.897. The van der Waals surface area contributed by atoms with Gasteiger partial charge in [0, 0.05) is 6.54 Å². The number of nitrogens with two attached hydrogens (primary N) is 1. The van der Waals surface area contributed by atoms with Crippen molar-refractivity contribution in [3.63, 3.8) is 0 Å². The third-order valence-corrected chi connectivity index (χ3v) is 2.67. The van der Waals surface area contributed by atoms with Crippen LogP contribution in [0.1, 0.15) is 0 Å². The van der Waals surface area contributed by atoms with Crippen molar-refractivity contribution < 1.29 is 4.74 Å². The SMILES string of the molecule is N#CC1CN(c2ncnc(N)c2Cl)CCO1. The monoisotopic (exact) mass is 239 g/mol. The molecule has 1 aliphatic heterocycles. The number of nitrogen functional groups attached to an aromatic ring is 1. The molecular formula is C9H10ClN5O. The molecule has 1 fully saturated rings. The topological polar surface area (TPSA) is 88.1 Å². The quantitative estimate of drug-likeness (QED) is 0.765. The van der Waals surface area contributed by atoms with Crippen LogP contribution in [0.4, 0.5) is 11.6 Å². The average Bonchev–Trinajstić information content (AvgIpc) is 2.33. The molecule has 0 bridgehead atoms. The fraction of sp³-hybridized carbons (Fsp3) is 0.444. The van der Waals surface area contributed by atoms with Gasteiger partial charge in [0.2, 0.25) is 0 Å². The summed E-state index contributed by atoms with van der Waals surface area (Å²) in [5.74, 6) is 0.796. The van der Waals surface area contributed by atoms with Gasteiger partial charge in [-0.05, 0) is 0 Å². The lowest BCUT2D eigenvalue weighted by Crippen LogP contribution is -2.42. The van der Waals surface area contributed by atoms with E-state index in [1.807, 2.05) is 4.90 Å². The molecule has 0 aromatic carbocycles. The van der Waals surface area contributed by atoms with Gasteiger partial charge < -0.3 is 15.4 Å². The molecule has 0 saturated carbocycles. The van der Waals surface area contributed by atoms with Crippen molar-refractivity contribution in [2.75, 3.05) is 30.3 Å². The normalized spacial score (nSPS) is 20.5. The van der Waals surface area contributed by atoms with E-state index in [2.05, 4.69) is 16.0 Å². The number of rotatable bonds is 1. The third kappa shape index (κ3) is 2.01. The minimum atomic E-state index is -0.457. The van der Waals surface area contributed by atoms with Crippen molar-refractivity contribution in [2.24, 2.45) is 0 Å². The second-order valence-corrected chi connectivity index (χ2v) is 3.71. The van der Waals surface area contributed by atoms with Crippen LogP contribution in [0.15, 0.2) is 6.33 Å². The van der Waals surface area contributed by atoms with Crippen LogP contribution in [0.5, 0.6) is 0 Å². The van der Waals surface area contributed by atoms with E-state index in [1.165, 1.54) is 6.33 Å². The van der Waals surface area contributed by atoms with E-state index in [9.17, 15) is 0 Å². The number of nitriles is 1. The Bertz CT molecular complexity index is 432. The molecule has 0 spiro atoms. The minimum Gasteiger partial charge on any atom is -0.382 e. The molecule has 16 heavy (non-hydrogen) atoms. The first-order valence-electron chi connectivity index (χ1n) is 4.74. The fourth-order valence-corrected chi connectivity index (χ4v) is 1.73. The van der Waals surface area contributed by atoms with E-state index >= 15 is 0 Å². The second kappa shape index (κ2) is 4.51. The van der Waals surface area contributed by atoms with Crippen LogP contribution in [0.25, 0.3) is 0 Å². The Labute approximate surface area is 97.6 Å². The summed E-state index contributed by atoms with van der Waals surface area (Å²) in [5, 5.41) is 9.11. The van der Waals surface area contributed by atoms with Gasteiger partial charge in [-0.2, -0.15) is 5.26 Å². The summed E-state index contributed by atoms with van der Waals surface area (Å²) in [6, 6.07) is 2.06. The van der Waals surface area contributed by atoms with Crippen molar-refractivity contribution in [2.45, 2.75) is 6.10 Å². The van der Waals surface area contributed by atoms with Crippen LogP contribution in [-0.2, 0) is 4.74 Å². The standard InChI is InChI=1S/C9H10ClN5O/c10-7-8(12)13-5-14-9(7)15-1-2-16-6(3-11)4-15/h5-6H,1-2,4H2,(H2,12,13,14). The molecule has 0 amide bonds. The highest BCUT2D eigenvalue weighted by atomic mass is 35.5. The molecule has 0 aliphatic carbocycles. The minimum absolute atomic E-state index is 0.242. The van der Waals surface area contributed by atoms with E-state index in [4.69, 9.17) is 27.3 Å². The zero-order valence-electron chi connectivity index (χ0n) is 8.43. The Morgan fingerprint density at radius 1 is 1.62 bits per heavy atom. The summed E-state index contributed by atoms with van der Waals surface area (Å²) < 4.78 is 5.23. The lowest BCUT2D eigenvalue weighted by atomic mass is 10.3. The molecule has 1 aliphatic rings. The number of hydrogen-bond acceptors (Lipinski definition) is 6. The molecule has 2 heterocycles. The van der Waals surface area contributed by atoms with E-state index in [0.717, 1.165) is 0 Å². The largest absolute Gasteiger partial charge is 0.382 e. The van der Waals surface area contributed by atoms with Crippen molar-refractivity contribution in [3.05, 3.63) is 11.3 Å². The first-order chi connectivity index (χ1) is 7.72. The molecule has 1 saturated heterocycles. The molecule has 1 aromatic heterocycles. The van der Waals surface area contributed by atoms with Gasteiger partial charge in [0.25, 0.3) is 0 Å². The van der Waals surface area contributed by atoms with Gasteiger partial charge in [-0.25, -0.2) is 9.97 Å². The summed E-state index contributed by atoms with van der Waals surface area (Å²) in [4.78, 5) is 9.73. The summed E-state index contributed by atoms with van der Waals surface area (Å²) in [5.41, 5.74) is 5.59. The Morgan fingerprint density at radius 3 is 3.19 bits per heavy atom. The molecule has 1 unspecified atom stereocenters. The number of anilines is 2. The molecule has 2 N–H and O–H groups in total. The van der Waals surface area contributed by atoms with Crippen molar-refractivity contribution in [3.8, 4) is 6.07 Å². The maximum Gasteiger partial charge on any atom is 0.161 e. The zero-order chi connectivity index (χ0) is 11.5. The number of halogens is 1. The smallest absolute Gasteiger partial charge is 0.161 e. The maximum atomic E-state index is 8.79. The predicted octanol–water partition coefficient (Wildman–Crippen LogP) is 0.441. The number of hydrogen-bond donors (Lipinski definition) is 1. The number of nitrogens with zero attached hydrogens (tertiary/aromatic N) is 4. The average molecular weight is 240 g/mol. The summed E-state index contributed by atoms with van der Waals surface area (Å²) in [7, 11) is 0. The summed E-state index contributed by atoms with van der Waals surface area (Å²) >= 11 is 6.00. The zero-order valence-corrected chi connectivity index (χ0v) is 9.18. The third-order valence-electron chi connectivity index (χ3n) is 2.31. The first kappa shape index (κ1) is 10.9. The van der Waals surface area contributed by atoms with Crippen LogP contribution in [0.2, 0.25) is 5.02 Å². The van der Waals surface area contributed by atoms with E-state index in [-0.39, 0.29) is 5.82 Å². The molecule has 1 atom stereocenters. The van der Waals surface area contributed by atoms with Gasteiger partial charge in [0.05, 0.1) is 19.2 Å². The Kier molecular flexibility index (Phi) is 3.08. The van der Waals surface area contributed by atoms with Gasteiger partial charge in [0.1, 0.15) is 17.2 Å². The number of ether oxygens (including phenoxy) is 1. The van der Waals surface area contributed by atoms with Crippen molar-refractivity contribution in [1.29, 1.82) is 5.26 Å². The highest BCUT2D eigenvalue weighted by Gasteiger charge is 2.23. The van der Waals surface area contributed by atoms with Gasteiger partial charge in [-0.15, -0.1) is 0 Å². The first-order valence-corrected chi connectivity index (χ1v) is 5.12. The lowest BCUT2D eigenvalue weighted by Gasteiger charge is -2.31. The highest BCUT2D eigenvalue weighted by molar-refractivity contribution is 6.35. The van der Waals surface area contributed by atoms with Crippen molar-refractivity contribution in [1.82, 2.24) is 9.97 Å². The molecule has 0 radical (unpaired) electrons. The Hall–Kier alpha value is -1.58. The molecule has 2 rings (SSSR count).